The van der Waals surface area contributed by atoms with Crippen LogP contribution in [0.4, 0.5) is 4.39 Å². The van der Waals surface area contributed by atoms with Gasteiger partial charge in [0.1, 0.15) is 5.82 Å². The molecule has 0 radical (unpaired) electrons. The molecule has 1 atom stereocenters. The van der Waals surface area contributed by atoms with Gasteiger partial charge in [-0.2, -0.15) is 0 Å². The van der Waals surface area contributed by atoms with Crippen molar-refractivity contribution < 1.29 is 4.39 Å². The van der Waals surface area contributed by atoms with E-state index in [1.807, 2.05) is 23.8 Å². The van der Waals surface area contributed by atoms with Gasteiger partial charge in [-0.1, -0.05) is 25.1 Å². The lowest BCUT2D eigenvalue weighted by Gasteiger charge is -2.17. The SMILES string of the molecule is CCc1c[nH]c(=S)n1C(C)c1ccccc1F. The number of imidazole rings is 1. The van der Waals surface area contributed by atoms with Gasteiger partial charge in [0.15, 0.2) is 4.77 Å². The van der Waals surface area contributed by atoms with E-state index in [1.54, 1.807) is 12.1 Å². The number of benzene rings is 1. The van der Waals surface area contributed by atoms with Crippen LogP contribution in [0.15, 0.2) is 30.5 Å². The van der Waals surface area contributed by atoms with Gasteiger partial charge in [0, 0.05) is 17.5 Å². The smallest absolute Gasteiger partial charge is 0.177 e. The van der Waals surface area contributed by atoms with Crippen LogP contribution in [0.3, 0.4) is 0 Å². The van der Waals surface area contributed by atoms with Gasteiger partial charge in [-0.05, 0) is 31.6 Å². The highest BCUT2D eigenvalue weighted by Gasteiger charge is 2.15. The Balaban J connectivity index is 2.51. The van der Waals surface area contributed by atoms with E-state index in [2.05, 4.69) is 11.9 Å². The molecule has 0 bridgehead atoms. The molecule has 0 saturated carbocycles. The Hall–Kier alpha value is -1.42. The average molecular weight is 250 g/mol. The first-order valence-electron chi connectivity index (χ1n) is 5.68. The van der Waals surface area contributed by atoms with Crippen molar-refractivity contribution in [2.45, 2.75) is 26.3 Å². The number of H-pyrrole nitrogens is 1. The summed E-state index contributed by atoms with van der Waals surface area (Å²) in [5, 5.41) is 0. The maximum atomic E-state index is 13.7. The summed E-state index contributed by atoms with van der Waals surface area (Å²) in [6.07, 6.45) is 2.76. The summed E-state index contributed by atoms with van der Waals surface area (Å²) in [6, 6.07) is 6.73. The van der Waals surface area contributed by atoms with Gasteiger partial charge in [0.25, 0.3) is 0 Å². The normalized spacial score (nSPS) is 12.6. The standard InChI is InChI=1S/C13H15FN2S/c1-3-10-8-15-13(17)16(10)9(2)11-6-4-5-7-12(11)14/h4-9H,3H2,1-2H3,(H,15,17). The first-order chi connectivity index (χ1) is 8.15. The molecular formula is C13H15FN2S. The summed E-state index contributed by atoms with van der Waals surface area (Å²) in [7, 11) is 0. The van der Waals surface area contributed by atoms with Crippen molar-refractivity contribution in [3.05, 3.63) is 52.3 Å². The Morgan fingerprint density at radius 3 is 2.76 bits per heavy atom. The Morgan fingerprint density at radius 2 is 2.12 bits per heavy atom. The van der Waals surface area contributed by atoms with Gasteiger partial charge >= 0.3 is 0 Å². The monoisotopic (exact) mass is 250 g/mol. The molecule has 4 heteroatoms. The van der Waals surface area contributed by atoms with Crippen molar-refractivity contribution in [2.24, 2.45) is 0 Å². The lowest BCUT2D eigenvalue weighted by Crippen LogP contribution is -2.11. The Morgan fingerprint density at radius 1 is 1.41 bits per heavy atom. The number of aryl methyl sites for hydroxylation is 1. The van der Waals surface area contributed by atoms with Crippen molar-refractivity contribution in [1.29, 1.82) is 0 Å². The molecule has 90 valence electrons. The minimum Gasteiger partial charge on any atom is -0.337 e. The third-order valence-corrected chi connectivity index (χ3v) is 3.31. The van der Waals surface area contributed by atoms with Gasteiger partial charge in [-0.15, -0.1) is 0 Å². The first kappa shape index (κ1) is 12.0. The fourth-order valence-electron chi connectivity index (χ4n) is 2.06. The number of aromatic nitrogens is 2. The minimum absolute atomic E-state index is 0.0927. The van der Waals surface area contributed by atoms with Crippen LogP contribution in [0, 0.1) is 10.6 Å². The molecule has 0 aliphatic carbocycles. The lowest BCUT2D eigenvalue weighted by molar-refractivity contribution is 0.543. The Kier molecular flexibility index (Phi) is 3.43. The van der Waals surface area contributed by atoms with Gasteiger partial charge in [0.05, 0.1) is 6.04 Å². The number of nitrogens with one attached hydrogen (secondary N) is 1. The van der Waals surface area contributed by atoms with Crippen LogP contribution in [0.25, 0.3) is 0 Å². The molecule has 2 rings (SSSR count). The fourth-order valence-corrected chi connectivity index (χ4v) is 2.40. The number of rotatable bonds is 3. The summed E-state index contributed by atoms with van der Waals surface area (Å²) in [4.78, 5) is 3.01. The van der Waals surface area contributed by atoms with Crippen LogP contribution >= 0.6 is 12.2 Å². The molecule has 0 aliphatic rings. The van der Waals surface area contributed by atoms with Crippen LogP contribution in [0.5, 0.6) is 0 Å². The first-order valence-corrected chi connectivity index (χ1v) is 6.09. The number of nitrogens with zero attached hydrogens (tertiary/aromatic N) is 1. The predicted octanol–water partition coefficient (Wildman–Crippen LogP) is 3.86. The van der Waals surface area contributed by atoms with E-state index in [9.17, 15) is 4.39 Å². The van der Waals surface area contributed by atoms with Crippen molar-refractivity contribution in [1.82, 2.24) is 9.55 Å². The van der Waals surface area contributed by atoms with E-state index in [0.29, 0.717) is 10.3 Å². The summed E-state index contributed by atoms with van der Waals surface area (Å²) in [6.45, 7) is 4.02. The average Bonchev–Trinajstić information content (AvgIpc) is 2.70. The zero-order valence-electron chi connectivity index (χ0n) is 9.90. The zero-order chi connectivity index (χ0) is 12.4. The molecule has 0 fully saturated rings. The van der Waals surface area contributed by atoms with E-state index in [4.69, 9.17) is 12.2 Å². The number of aromatic amines is 1. The number of hydrogen-bond donors (Lipinski definition) is 1. The van der Waals surface area contributed by atoms with Gasteiger partial charge in [-0.3, -0.25) is 0 Å². The summed E-state index contributed by atoms with van der Waals surface area (Å²) < 4.78 is 16.3. The number of halogens is 1. The Bertz CT molecular complexity index is 571. The molecule has 1 unspecified atom stereocenters. The second-order valence-electron chi connectivity index (χ2n) is 4.01. The summed E-state index contributed by atoms with van der Waals surface area (Å²) in [5.41, 5.74) is 1.75. The highest BCUT2D eigenvalue weighted by atomic mass is 32.1. The third kappa shape index (κ3) is 2.17. The maximum Gasteiger partial charge on any atom is 0.177 e. The predicted molar refractivity (Wildman–Crippen MR) is 69.2 cm³/mol. The second-order valence-corrected chi connectivity index (χ2v) is 4.39. The lowest BCUT2D eigenvalue weighted by atomic mass is 10.1. The van der Waals surface area contributed by atoms with Gasteiger partial charge < -0.3 is 9.55 Å². The van der Waals surface area contributed by atoms with Crippen molar-refractivity contribution in [2.75, 3.05) is 0 Å². The third-order valence-electron chi connectivity index (χ3n) is 3.00. The Labute approximate surface area is 105 Å². The highest BCUT2D eigenvalue weighted by Crippen LogP contribution is 2.23. The van der Waals surface area contributed by atoms with Gasteiger partial charge in [0.2, 0.25) is 0 Å². The van der Waals surface area contributed by atoms with E-state index < -0.39 is 0 Å². The van der Waals surface area contributed by atoms with Crippen LogP contribution < -0.4 is 0 Å². The summed E-state index contributed by atoms with van der Waals surface area (Å²) >= 11 is 5.24. The quantitative estimate of drug-likeness (QED) is 0.820. The molecule has 17 heavy (non-hydrogen) atoms. The molecule has 0 spiro atoms. The second kappa shape index (κ2) is 4.84. The van der Waals surface area contributed by atoms with Crippen molar-refractivity contribution in [3.8, 4) is 0 Å². The molecular weight excluding hydrogens is 235 g/mol. The molecule has 2 aromatic rings. The van der Waals surface area contributed by atoms with E-state index in [1.165, 1.54) is 6.07 Å². The van der Waals surface area contributed by atoms with Gasteiger partial charge in [-0.25, -0.2) is 4.39 Å². The topological polar surface area (TPSA) is 20.7 Å². The molecule has 2 nitrogen and oxygen atoms in total. The zero-order valence-corrected chi connectivity index (χ0v) is 10.7. The number of hydrogen-bond acceptors (Lipinski definition) is 1. The van der Waals surface area contributed by atoms with Crippen molar-refractivity contribution in [3.63, 3.8) is 0 Å². The molecule has 1 N–H and O–H groups in total. The van der Waals surface area contributed by atoms with E-state index in [0.717, 1.165) is 12.1 Å². The van der Waals surface area contributed by atoms with Crippen molar-refractivity contribution >= 4 is 12.2 Å². The fraction of sp³-hybridized carbons (Fsp3) is 0.308. The molecule has 0 saturated heterocycles. The molecule has 0 amide bonds. The van der Waals surface area contributed by atoms with Crippen LogP contribution in [0.2, 0.25) is 0 Å². The molecule has 0 aliphatic heterocycles. The largest absolute Gasteiger partial charge is 0.337 e. The van der Waals surface area contributed by atoms with Crippen LogP contribution in [0.1, 0.15) is 31.1 Å². The molecule has 1 aromatic carbocycles. The van der Waals surface area contributed by atoms with Crippen LogP contribution in [-0.2, 0) is 6.42 Å². The molecule has 1 aromatic heterocycles. The van der Waals surface area contributed by atoms with E-state index in [-0.39, 0.29) is 11.9 Å². The summed E-state index contributed by atoms with van der Waals surface area (Å²) in [5.74, 6) is -0.190. The minimum atomic E-state index is -0.190. The molecule has 1 heterocycles. The van der Waals surface area contributed by atoms with Crippen LogP contribution in [-0.4, -0.2) is 9.55 Å². The highest BCUT2D eigenvalue weighted by molar-refractivity contribution is 7.71. The van der Waals surface area contributed by atoms with E-state index >= 15 is 0 Å². The maximum absolute atomic E-state index is 13.7.